The number of carboxylic acids is 1. The van der Waals surface area contributed by atoms with Crippen molar-refractivity contribution in [2.45, 2.75) is 46.5 Å². The van der Waals surface area contributed by atoms with Gasteiger partial charge >= 0.3 is 5.97 Å². The van der Waals surface area contributed by atoms with Crippen molar-refractivity contribution < 1.29 is 9.90 Å². The quantitative estimate of drug-likeness (QED) is 0.643. The molecule has 0 bridgehead atoms. The summed E-state index contributed by atoms with van der Waals surface area (Å²) in [6.07, 6.45) is 6.35. The number of carbonyl (C=O) groups is 1. The summed E-state index contributed by atoms with van der Waals surface area (Å²) in [5.41, 5.74) is 0.461. The summed E-state index contributed by atoms with van der Waals surface area (Å²) >= 11 is 0. The zero-order valence-corrected chi connectivity index (χ0v) is 8.84. The highest BCUT2D eigenvalue weighted by atomic mass is 16.4. The van der Waals surface area contributed by atoms with Gasteiger partial charge in [-0.05, 0) is 19.3 Å². The number of aliphatic carboxylic acids is 1. The first-order valence-electron chi connectivity index (χ1n) is 4.98. The zero-order valence-electron chi connectivity index (χ0n) is 8.84. The van der Waals surface area contributed by atoms with Crippen LogP contribution in [0.5, 0.6) is 0 Å². The van der Waals surface area contributed by atoms with Crippen molar-refractivity contribution in [3.8, 4) is 0 Å². The Bertz CT molecular complexity index is 183. The van der Waals surface area contributed by atoms with Crippen LogP contribution < -0.4 is 0 Å². The molecule has 0 heterocycles. The Labute approximate surface area is 80.7 Å². The lowest BCUT2D eigenvalue weighted by Gasteiger charge is -2.06. The summed E-state index contributed by atoms with van der Waals surface area (Å²) in [6, 6.07) is 0. The van der Waals surface area contributed by atoms with Crippen LogP contribution in [-0.4, -0.2) is 11.1 Å². The first-order valence-corrected chi connectivity index (χ1v) is 4.98. The van der Waals surface area contributed by atoms with E-state index in [2.05, 4.69) is 13.8 Å². The number of hydrogen-bond donors (Lipinski definition) is 1. The fourth-order valence-electron chi connectivity index (χ4n) is 1.14. The van der Waals surface area contributed by atoms with Gasteiger partial charge in [-0.15, -0.1) is 0 Å². The Morgan fingerprint density at radius 2 is 2.15 bits per heavy atom. The Hall–Kier alpha value is -0.790. The van der Waals surface area contributed by atoms with Gasteiger partial charge in [0.25, 0.3) is 0 Å². The fraction of sp³-hybridized carbons (Fsp3) is 0.727. The van der Waals surface area contributed by atoms with E-state index in [0.717, 1.165) is 6.42 Å². The van der Waals surface area contributed by atoms with Gasteiger partial charge in [-0.25, -0.2) is 4.79 Å². The highest BCUT2D eigenvalue weighted by Gasteiger charge is 2.02. The van der Waals surface area contributed by atoms with Gasteiger partial charge in [-0.1, -0.05) is 39.2 Å². The van der Waals surface area contributed by atoms with Crippen LogP contribution in [0.25, 0.3) is 0 Å². The van der Waals surface area contributed by atoms with Crippen LogP contribution in [0.15, 0.2) is 11.6 Å². The second-order valence-electron chi connectivity index (χ2n) is 3.68. The minimum Gasteiger partial charge on any atom is -0.478 e. The van der Waals surface area contributed by atoms with Gasteiger partial charge in [0.15, 0.2) is 0 Å². The van der Waals surface area contributed by atoms with Gasteiger partial charge in [-0.3, -0.25) is 0 Å². The van der Waals surface area contributed by atoms with Gasteiger partial charge in [0, 0.05) is 5.57 Å². The number of allylic oxidation sites excluding steroid dienone is 1. The lowest BCUT2D eigenvalue weighted by atomic mass is 9.99. The SMILES string of the molecule is CCCCC(C)C/C=C(\C)C(=O)O. The number of unbranched alkanes of at least 4 members (excludes halogenated alkanes) is 1. The second-order valence-corrected chi connectivity index (χ2v) is 3.68. The summed E-state index contributed by atoms with van der Waals surface area (Å²) in [7, 11) is 0. The minimum absolute atomic E-state index is 0.461. The molecule has 0 aromatic heterocycles. The van der Waals surface area contributed by atoms with E-state index in [0.29, 0.717) is 11.5 Å². The monoisotopic (exact) mass is 184 g/mol. The normalized spacial score (nSPS) is 14.2. The topological polar surface area (TPSA) is 37.3 Å². The molecule has 0 aromatic carbocycles. The fourth-order valence-corrected chi connectivity index (χ4v) is 1.14. The summed E-state index contributed by atoms with van der Waals surface area (Å²) in [5, 5.41) is 8.60. The van der Waals surface area contributed by atoms with Crippen LogP contribution >= 0.6 is 0 Å². The molecule has 76 valence electrons. The van der Waals surface area contributed by atoms with E-state index in [-0.39, 0.29) is 0 Å². The lowest BCUT2D eigenvalue weighted by Crippen LogP contribution is -1.98. The first-order chi connectivity index (χ1) is 6.07. The molecule has 0 aliphatic heterocycles. The van der Waals surface area contributed by atoms with E-state index in [1.807, 2.05) is 6.08 Å². The smallest absolute Gasteiger partial charge is 0.330 e. The van der Waals surface area contributed by atoms with E-state index >= 15 is 0 Å². The van der Waals surface area contributed by atoms with Crippen LogP contribution in [-0.2, 0) is 4.79 Å². The van der Waals surface area contributed by atoms with Crippen molar-refractivity contribution >= 4 is 5.97 Å². The Morgan fingerprint density at radius 1 is 1.54 bits per heavy atom. The van der Waals surface area contributed by atoms with Crippen LogP contribution in [0, 0.1) is 5.92 Å². The van der Waals surface area contributed by atoms with Gasteiger partial charge in [0.2, 0.25) is 0 Å². The molecular formula is C11H20O2. The van der Waals surface area contributed by atoms with E-state index < -0.39 is 5.97 Å². The summed E-state index contributed by atoms with van der Waals surface area (Å²) in [6.45, 7) is 5.99. The molecule has 1 unspecified atom stereocenters. The van der Waals surface area contributed by atoms with Gasteiger partial charge < -0.3 is 5.11 Å². The third-order valence-electron chi connectivity index (χ3n) is 2.21. The molecule has 2 heteroatoms. The molecule has 0 saturated heterocycles. The van der Waals surface area contributed by atoms with Crippen LogP contribution in [0.3, 0.4) is 0 Å². The van der Waals surface area contributed by atoms with Gasteiger partial charge in [-0.2, -0.15) is 0 Å². The average molecular weight is 184 g/mol. The molecule has 0 aliphatic rings. The molecule has 1 N–H and O–H groups in total. The second kappa shape index (κ2) is 6.70. The molecule has 0 fully saturated rings. The van der Waals surface area contributed by atoms with Crippen LogP contribution in [0.4, 0.5) is 0 Å². The van der Waals surface area contributed by atoms with E-state index in [4.69, 9.17) is 5.11 Å². The predicted molar refractivity (Wildman–Crippen MR) is 54.7 cm³/mol. The van der Waals surface area contributed by atoms with Gasteiger partial charge in [0.05, 0.1) is 0 Å². The Morgan fingerprint density at radius 3 is 2.62 bits per heavy atom. The molecule has 1 atom stereocenters. The highest BCUT2D eigenvalue weighted by Crippen LogP contribution is 2.13. The van der Waals surface area contributed by atoms with Gasteiger partial charge in [0.1, 0.15) is 0 Å². The lowest BCUT2D eigenvalue weighted by molar-refractivity contribution is -0.132. The molecule has 0 amide bonds. The molecule has 2 nitrogen and oxygen atoms in total. The van der Waals surface area contributed by atoms with Crippen molar-refractivity contribution in [3.63, 3.8) is 0 Å². The van der Waals surface area contributed by atoms with Crippen LogP contribution in [0.1, 0.15) is 46.5 Å². The predicted octanol–water partition coefficient (Wildman–Crippen LogP) is 3.23. The molecule has 0 radical (unpaired) electrons. The molecule has 0 aromatic rings. The molecule has 0 saturated carbocycles. The van der Waals surface area contributed by atoms with Crippen LogP contribution in [0.2, 0.25) is 0 Å². The highest BCUT2D eigenvalue weighted by molar-refractivity contribution is 5.85. The first kappa shape index (κ1) is 12.2. The third-order valence-corrected chi connectivity index (χ3v) is 2.21. The summed E-state index contributed by atoms with van der Waals surface area (Å²) in [4.78, 5) is 10.5. The zero-order chi connectivity index (χ0) is 10.3. The molecule has 13 heavy (non-hydrogen) atoms. The maximum atomic E-state index is 10.5. The third kappa shape index (κ3) is 6.38. The maximum Gasteiger partial charge on any atom is 0.330 e. The number of carboxylic acid groups (broad SMARTS) is 1. The van der Waals surface area contributed by atoms with Crippen molar-refractivity contribution in [2.75, 3.05) is 0 Å². The van der Waals surface area contributed by atoms with Crippen molar-refractivity contribution in [3.05, 3.63) is 11.6 Å². The Balaban J connectivity index is 3.73. The number of rotatable bonds is 6. The maximum absolute atomic E-state index is 10.5. The minimum atomic E-state index is -0.803. The van der Waals surface area contributed by atoms with E-state index in [1.165, 1.54) is 19.3 Å². The van der Waals surface area contributed by atoms with E-state index in [1.54, 1.807) is 6.92 Å². The standard InChI is InChI=1S/C11H20O2/c1-4-5-6-9(2)7-8-10(3)11(12)13/h8-9H,4-7H2,1-3H3,(H,12,13)/b10-8+. The molecule has 0 rings (SSSR count). The summed E-state index contributed by atoms with van der Waals surface area (Å²) in [5.74, 6) is -0.197. The Kier molecular flexibility index (Phi) is 6.29. The average Bonchev–Trinajstić information content (AvgIpc) is 2.10. The van der Waals surface area contributed by atoms with Crippen molar-refractivity contribution in [1.29, 1.82) is 0 Å². The largest absolute Gasteiger partial charge is 0.478 e. The molecule has 0 aliphatic carbocycles. The van der Waals surface area contributed by atoms with Crippen molar-refractivity contribution in [2.24, 2.45) is 5.92 Å². The summed E-state index contributed by atoms with van der Waals surface area (Å²) < 4.78 is 0. The molecular weight excluding hydrogens is 164 g/mol. The van der Waals surface area contributed by atoms with E-state index in [9.17, 15) is 4.79 Å². The van der Waals surface area contributed by atoms with Crippen molar-refractivity contribution in [1.82, 2.24) is 0 Å². The number of hydrogen-bond acceptors (Lipinski definition) is 1. The molecule has 0 spiro atoms.